The Hall–Kier alpha value is -4.35. The van der Waals surface area contributed by atoms with Crippen molar-refractivity contribution in [2.45, 2.75) is 45.2 Å². The molecule has 46 heavy (non-hydrogen) atoms. The highest BCUT2D eigenvalue weighted by molar-refractivity contribution is 6.34. The van der Waals surface area contributed by atoms with Crippen molar-refractivity contribution < 1.29 is 34.4 Å². The SMILES string of the molecule is CCOc1ccccc1-c1cc(OC)c(C(=O)N2Cc3ccc(C(=O)N(C)CC(O)C(O)C(C)O)n3Cc3ccccc32)cc1Cl. The molecular formula is C35H38ClN3O7. The Bertz CT molecular complexity index is 1740. The fraction of sp³-hybridized carbons (Fsp3) is 0.314. The molecule has 11 heteroatoms. The Kier molecular flexibility index (Phi) is 10.0. The zero-order chi connectivity index (χ0) is 33.1. The van der Waals surface area contributed by atoms with Gasteiger partial charge in [0.1, 0.15) is 23.3 Å². The number of aromatic nitrogens is 1. The standard InChI is InChI=1S/C35H38ClN3O7/c1-5-46-31-13-9-7-11-24(31)25-17-32(45-4)26(16-27(25)36)34(43)39-19-23-14-15-29(38(23)18-22-10-6-8-12-28(22)39)35(44)37(3)20-30(41)33(42)21(2)40/h6-17,21,30,33,40-42H,5,18-20H2,1-4H3. The summed E-state index contributed by atoms with van der Waals surface area (Å²) in [5, 5.41) is 30.3. The van der Waals surface area contributed by atoms with Crippen LogP contribution in [0.25, 0.3) is 11.1 Å². The van der Waals surface area contributed by atoms with Crippen LogP contribution in [0, 0.1) is 0 Å². The maximum atomic E-state index is 14.4. The summed E-state index contributed by atoms with van der Waals surface area (Å²) < 4.78 is 13.4. The second-order valence-corrected chi connectivity index (χ2v) is 11.7. The molecule has 0 saturated heterocycles. The molecule has 2 amide bonds. The molecule has 242 valence electrons. The molecule has 0 bridgehead atoms. The molecule has 1 aliphatic rings. The maximum absolute atomic E-state index is 14.4. The summed E-state index contributed by atoms with van der Waals surface area (Å²) in [7, 11) is 3.03. The second-order valence-electron chi connectivity index (χ2n) is 11.3. The van der Waals surface area contributed by atoms with Gasteiger partial charge < -0.3 is 39.2 Å². The lowest BCUT2D eigenvalue weighted by molar-refractivity contribution is -0.0582. The van der Waals surface area contributed by atoms with E-state index in [4.69, 9.17) is 21.1 Å². The van der Waals surface area contributed by atoms with Crippen LogP contribution < -0.4 is 14.4 Å². The zero-order valence-electron chi connectivity index (χ0n) is 26.2. The van der Waals surface area contributed by atoms with E-state index in [1.54, 1.807) is 29.2 Å². The molecule has 3 N–H and O–H groups in total. The summed E-state index contributed by atoms with van der Waals surface area (Å²) in [6.45, 7) is 4.05. The number of amides is 2. The molecule has 0 spiro atoms. The molecule has 2 heterocycles. The lowest BCUT2D eigenvalue weighted by atomic mass is 10.0. The molecule has 1 aliphatic heterocycles. The Balaban J connectivity index is 1.50. The van der Waals surface area contributed by atoms with E-state index in [9.17, 15) is 24.9 Å². The Labute approximate surface area is 273 Å². The number of anilines is 1. The van der Waals surface area contributed by atoms with E-state index in [1.165, 1.54) is 26.0 Å². The smallest absolute Gasteiger partial charge is 0.270 e. The molecule has 0 fully saturated rings. The van der Waals surface area contributed by atoms with E-state index in [-0.39, 0.29) is 30.5 Å². The minimum absolute atomic E-state index is 0.159. The number of rotatable bonds is 10. The molecular weight excluding hydrogens is 610 g/mol. The number of methoxy groups -OCH3 is 1. The number of aliphatic hydroxyl groups excluding tert-OH is 3. The molecule has 10 nitrogen and oxygen atoms in total. The third-order valence-electron chi connectivity index (χ3n) is 8.16. The molecule has 3 aromatic carbocycles. The van der Waals surface area contributed by atoms with Crippen molar-refractivity contribution in [2.75, 3.05) is 32.2 Å². The van der Waals surface area contributed by atoms with Gasteiger partial charge in [-0.3, -0.25) is 9.59 Å². The average molecular weight is 648 g/mol. The van der Waals surface area contributed by atoms with Crippen LogP contribution in [0.2, 0.25) is 5.02 Å². The molecule has 0 aliphatic carbocycles. The molecule has 3 atom stereocenters. The third-order valence-corrected chi connectivity index (χ3v) is 8.47. The van der Waals surface area contributed by atoms with Gasteiger partial charge in [0, 0.05) is 41.1 Å². The number of aliphatic hydroxyl groups is 3. The van der Waals surface area contributed by atoms with Crippen LogP contribution in [-0.4, -0.2) is 82.2 Å². The fourth-order valence-corrected chi connectivity index (χ4v) is 5.99. The van der Waals surface area contributed by atoms with Gasteiger partial charge in [-0.25, -0.2) is 0 Å². The summed E-state index contributed by atoms with van der Waals surface area (Å²) in [4.78, 5) is 30.9. The molecule has 1 aromatic heterocycles. The van der Waals surface area contributed by atoms with Crippen LogP contribution in [0.3, 0.4) is 0 Å². The van der Waals surface area contributed by atoms with Gasteiger partial charge in [0.15, 0.2) is 0 Å². The molecule has 0 radical (unpaired) electrons. The summed E-state index contributed by atoms with van der Waals surface area (Å²) in [5.41, 5.74) is 4.31. The first-order chi connectivity index (χ1) is 22.0. The quantitative estimate of drug-likeness (QED) is 0.230. The van der Waals surface area contributed by atoms with Crippen molar-refractivity contribution >= 4 is 29.1 Å². The predicted molar refractivity (Wildman–Crippen MR) is 176 cm³/mol. The summed E-state index contributed by atoms with van der Waals surface area (Å²) >= 11 is 6.83. The minimum atomic E-state index is -1.40. The van der Waals surface area contributed by atoms with Crippen LogP contribution >= 0.6 is 11.6 Å². The highest BCUT2D eigenvalue weighted by atomic mass is 35.5. The largest absolute Gasteiger partial charge is 0.496 e. The normalized spacial score (nSPS) is 14.4. The van der Waals surface area contributed by atoms with E-state index in [2.05, 4.69) is 0 Å². The molecule has 3 unspecified atom stereocenters. The molecule has 5 rings (SSSR count). The number of carbonyl (C=O) groups is 2. The van der Waals surface area contributed by atoms with Gasteiger partial charge in [0.2, 0.25) is 0 Å². The van der Waals surface area contributed by atoms with Crippen molar-refractivity contribution in [3.05, 3.63) is 100 Å². The number of benzene rings is 3. The summed E-state index contributed by atoms with van der Waals surface area (Å²) in [6.07, 6.45) is -3.88. The van der Waals surface area contributed by atoms with E-state index in [1.807, 2.05) is 60.0 Å². The van der Waals surface area contributed by atoms with Crippen LogP contribution in [0.1, 0.15) is 46.0 Å². The van der Waals surface area contributed by atoms with Crippen molar-refractivity contribution in [3.63, 3.8) is 0 Å². The van der Waals surface area contributed by atoms with Crippen molar-refractivity contribution in [1.82, 2.24) is 9.47 Å². The topological polar surface area (TPSA) is 125 Å². The number of carbonyl (C=O) groups excluding carboxylic acids is 2. The molecule has 0 saturated carbocycles. The highest BCUT2D eigenvalue weighted by Crippen LogP contribution is 2.40. The number of ether oxygens (including phenoxy) is 2. The minimum Gasteiger partial charge on any atom is -0.496 e. The number of fused-ring (bicyclic) bond motifs is 2. The van der Waals surface area contributed by atoms with Gasteiger partial charge in [-0.1, -0.05) is 48.0 Å². The van der Waals surface area contributed by atoms with Crippen LogP contribution in [0.15, 0.2) is 72.8 Å². The first-order valence-electron chi connectivity index (χ1n) is 15.0. The van der Waals surface area contributed by atoms with E-state index < -0.39 is 18.3 Å². The van der Waals surface area contributed by atoms with E-state index >= 15 is 0 Å². The average Bonchev–Trinajstić information content (AvgIpc) is 3.36. The van der Waals surface area contributed by atoms with Gasteiger partial charge in [0.05, 0.1) is 44.6 Å². The summed E-state index contributed by atoms with van der Waals surface area (Å²) in [5.74, 6) is 0.311. The zero-order valence-corrected chi connectivity index (χ0v) is 26.9. The van der Waals surface area contributed by atoms with Gasteiger partial charge in [-0.2, -0.15) is 0 Å². The molecule has 4 aromatic rings. The van der Waals surface area contributed by atoms with Gasteiger partial charge in [-0.15, -0.1) is 0 Å². The van der Waals surface area contributed by atoms with Gasteiger partial charge >= 0.3 is 0 Å². The van der Waals surface area contributed by atoms with Crippen LogP contribution in [0.4, 0.5) is 5.69 Å². The van der Waals surface area contributed by atoms with Crippen LogP contribution in [0.5, 0.6) is 11.5 Å². The lowest BCUT2D eigenvalue weighted by Crippen LogP contribution is -2.44. The lowest BCUT2D eigenvalue weighted by Gasteiger charge is -2.26. The number of hydrogen-bond acceptors (Lipinski definition) is 7. The highest BCUT2D eigenvalue weighted by Gasteiger charge is 2.31. The number of nitrogens with zero attached hydrogens (tertiary/aromatic N) is 3. The van der Waals surface area contributed by atoms with Crippen molar-refractivity contribution in [3.8, 4) is 22.6 Å². The predicted octanol–water partition coefficient (Wildman–Crippen LogP) is 4.60. The third kappa shape index (κ3) is 6.47. The number of halogens is 1. The van der Waals surface area contributed by atoms with E-state index in [0.717, 1.165) is 16.8 Å². The van der Waals surface area contributed by atoms with Crippen molar-refractivity contribution in [2.24, 2.45) is 0 Å². The van der Waals surface area contributed by atoms with Gasteiger partial charge in [0.25, 0.3) is 11.8 Å². The van der Waals surface area contributed by atoms with E-state index in [0.29, 0.717) is 46.6 Å². The van der Waals surface area contributed by atoms with Crippen molar-refractivity contribution in [1.29, 1.82) is 0 Å². The fourth-order valence-electron chi connectivity index (χ4n) is 5.73. The van der Waals surface area contributed by atoms with Crippen LogP contribution in [-0.2, 0) is 13.1 Å². The first-order valence-corrected chi connectivity index (χ1v) is 15.4. The summed E-state index contributed by atoms with van der Waals surface area (Å²) in [6, 6.07) is 21.9. The Morgan fingerprint density at radius 1 is 0.957 bits per heavy atom. The second kappa shape index (κ2) is 14.0. The first kappa shape index (κ1) is 33.0. The Morgan fingerprint density at radius 2 is 1.67 bits per heavy atom. The maximum Gasteiger partial charge on any atom is 0.270 e. The number of hydrogen-bond donors (Lipinski definition) is 3. The Morgan fingerprint density at radius 3 is 2.39 bits per heavy atom. The number of para-hydroxylation sites is 2. The number of likely N-dealkylation sites (N-methyl/N-ethyl adjacent to an activating group) is 1. The van der Waals surface area contributed by atoms with Gasteiger partial charge in [-0.05, 0) is 55.8 Å². The monoisotopic (exact) mass is 647 g/mol.